The molecule has 1 aromatic heterocycles. The summed E-state index contributed by atoms with van der Waals surface area (Å²) >= 11 is 0. The molecule has 0 saturated heterocycles. The molecule has 2 unspecified atom stereocenters. The van der Waals surface area contributed by atoms with Crippen LogP contribution in [0.5, 0.6) is 0 Å². The first kappa shape index (κ1) is 13.6. The lowest BCUT2D eigenvalue weighted by Crippen LogP contribution is -2.41. The van der Waals surface area contributed by atoms with Crippen LogP contribution < -0.4 is 5.73 Å². The van der Waals surface area contributed by atoms with Gasteiger partial charge >= 0.3 is 0 Å². The van der Waals surface area contributed by atoms with Crippen LogP contribution in [0.15, 0.2) is 24.4 Å². The maximum atomic E-state index is 12.8. The highest BCUT2D eigenvalue weighted by atomic mass is 16.2. The van der Waals surface area contributed by atoms with Gasteiger partial charge < -0.3 is 10.6 Å². The average Bonchev–Trinajstić information content (AvgIpc) is 3.30. The smallest absolute Gasteiger partial charge is 0.226 e. The molecule has 1 amide bonds. The van der Waals surface area contributed by atoms with Gasteiger partial charge in [-0.05, 0) is 44.2 Å². The summed E-state index contributed by atoms with van der Waals surface area (Å²) in [7, 11) is 0. The van der Waals surface area contributed by atoms with Gasteiger partial charge in [-0.3, -0.25) is 9.78 Å². The maximum absolute atomic E-state index is 12.8. The number of carbonyl (C=O) groups excluding carboxylic acids is 1. The van der Waals surface area contributed by atoms with Crippen LogP contribution in [0.2, 0.25) is 0 Å². The number of hydrogen-bond acceptors (Lipinski definition) is 3. The molecule has 4 nitrogen and oxygen atoms in total. The highest BCUT2D eigenvalue weighted by Gasteiger charge is 2.37. The Bertz CT molecular complexity index is 458. The largest absolute Gasteiger partial charge is 0.334 e. The van der Waals surface area contributed by atoms with E-state index in [1.165, 1.54) is 0 Å². The summed E-state index contributed by atoms with van der Waals surface area (Å²) in [5, 5.41) is 0. The van der Waals surface area contributed by atoms with Crippen molar-refractivity contribution in [3.05, 3.63) is 30.1 Å². The molecule has 2 aliphatic rings. The zero-order valence-corrected chi connectivity index (χ0v) is 11.9. The van der Waals surface area contributed by atoms with Crippen molar-refractivity contribution in [1.29, 1.82) is 0 Å². The number of nitrogens with two attached hydrogens (primary N) is 1. The van der Waals surface area contributed by atoms with Gasteiger partial charge in [0.05, 0.1) is 12.2 Å². The van der Waals surface area contributed by atoms with E-state index in [1.54, 1.807) is 6.20 Å². The normalized spacial score (nSPS) is 26.2. The maximum Gasteiger partial charge on any atom is 0.226 e. The van der Waals surface area contributed by atoms with E-state index < -0.39 is 0 Å². The third kappa shape index (κ3) is 3.18. The fourth-order valence-corrected chi connectivity index (χ4v) is 3.13. The summed E-state index contributed by atoms with van der Waals surface area (Å²) in [6.45, 7) is 0.649. The zero-order chi connectivity index (χ0) is 13.9. The van der Waals surface area contributed by atoms with Crippen LogP contribution in [0.1, 0.15) is 44.2 Å². The summed E-state index contributed by atoms with van der Waals surface area (Å²) in [5.41, 5.74) is 7.00. The lowest BCUT2D eigenvalue weighted by molar-refractivity contribution is -0.138. The van der Waals surface area contributed by atoms with Crippen molar-refractivity contribution in [2.45, 2.75) is 57.2 Å². The van der Waals surface area contributed by atoms with E-state index in [0.717, 1.165) is 44.2 Å². The van der Waals surface area contributed by atoms with E-state index in [1.807, 2.05) is 23.1 Å². The third-order valence-corrected chi connectivity index (χ3v) is 4.39. The summed E-state index contributed by atoms with van der Waals surface area (Å²) in [4.78, 5) is 19.2. The van der Waals surface area contributed by atoms with Gasteiger partial charge in [0.2, 0.25) is 5.91 Å². The molecular formula is C16H23N3O. The molecule has 2 N–H and O–H groups in total. The second-order valence-corrected chi connectivity index (χ2v) is 6.14. The van der Waals surface area contributed by atoms with Gasteiger partial charge in [-0.25, -0.2) is 0 Å². The monoisotopic (exact) mass is 273 g/mol. The minimum atomic E-state index is 0.128. The Kier molecular flexibility index (Phi) is 4.01. The molecule has 2 aliphatic carbocycles. The first-order valence-electron chi connectivity index (χ1n) is 7.70. The molecule has 0 aliphatic heterocycles. The first-order valence-corrected chi connectivity index (χ1v) is 7.70. The number of pyridine rings is 1. The van der Waals surface area contributed by atoms with E-state index in [9.17, 15) is 4.79 Å². The molecular weight excluding hydrogens is 250 g/mol. The van der Waals surface area contributed by atoms with Gasteiger partial charge in [-0.2, -0.15) is 0 Å². The predicted octanol–water partition coefficient (Wildman–Crippen LogP) is 2.09. The quantitative estimate of drug-likeness (QED) is 0.914. The van der Waals surface area contributed by atoms with Crippen molar-refractivity contribution in [3.63, 3.8) is 0 Å². The van der Waals surface area contributed by atoms with Crippen molar-refractivity contribution >= 4 is 5.91 Å². The molecule has 20 heavy (non-hydrogen) atoms. The lowest BCUT2D eigenvalue weighted by atomic mass is 9.85. The Balaban J connectivity index is 1.68. The number of rotatable bonds is 4. The van der Waals surface area contributed by atoms with E-state index >= 15 is 0 Å². The number of carbonyl (C=O) groups is 1. The minimum absolute atomic E-state index is 0.128. The first-order chi connectivity index (χ1) is 9.74. The van der Waals surface area contributed by atoms with Gasteiger partial charge in [0.15, 0.2) is 0 Å². The number of aromatic nitrogens is 1. The SMILES string of the molecule is NC1CCCC(C(=O)N(Cc2ccccn2)C2CC2)C1. The van der Waals surface area contributed by atoms with Crippen molar-refractivity contribution < 1.29 is 4.79 Å². The van der Waals surface area contributed by atoms with Crippen LogP contribution in [0, 0.1) is 5.92 Å². The lowest BCUT2D eigenvalue weighted by Gasteiger charge is -2.31. The molecule has 3 rings (SSSR count). The average molecular weight is 273 g/mol. The van der Waals surface area contributed by atoms with Gasteiger partial charge in [0.1, 0.15) is 0 Å². The minimum Gasteiger partial charge on any atom is -0.334 e. The fraction of sp³-hybridized carbons (Fsp3) is 0.625. The summed E-state index contributed by atoms with van der Waals surface area (Å²) in [6.07, 6.45) is 8.06. The van der Waals surface area contributed by atoms with Crippen molar-refractivity contribution in [3.8, 4) is 0 Å². The van der Waals surface area contributed by atoms with E-state index in [0.29, 0.717) is 18.5 Å². The molecule has 1 aromatic rings. The van der Waals surface area contributed by atoms with E-state index in [2.05, 4.69) is 4.98 Å². The van der Waals surface area contributed by atoms with Crippen molar-refractivity contribution in [1.82, 2.24) is 9.88 Å². The molecule has 1 heterocycles. The topological polar surface area (TPSA) is 59.2 Å². The van der Waals surface area contributed by atoms with Gasteiger partial charge in [0, 0.05) is 24.2 Å². The Morgan fingerprint density at radius 2 is 2.15 bits per heavy atom. The summed E-state index contributed by atoms with van der Waals surface area (Å²) in [5.74, 6) is 0.427. The summed E-state index contributed by atoms with van der Waals surface area (Å²) in [6, 6.07) is 6.52. The molecule has 2 atom stereocenters. The Morgan fingerprint density at radius 3 is 2.80 bits per heavy atom. The molecule has 0 aromatic carbocycles. The van der Waals surface area contributed by atoms with Crippen LogP contribution >= 0.6 is 0 Å². The number of nitrogens with zero attached hydrogens (tertiary/aromatic N) is 2. The second-order valence-electron chi connectivity index (χ2n) is 6.14. The second kappa shape index (κ2) is 5.92. The summed E-state index contributed by atoms with van der Waals surface area (Å²) < 4.78 is 0. The van der Waals surface area contributed by atoms with Crippen LogP contribution in [0.3, 0.4) is 0 Å². The van der Waals surface area contributed by atoms with Crippen LogP contribution in [-0.2, 0) is 11.3 Å². The van der Waals surface area contributed by atoms with Crippen LogP contribution in [0.4, 0.5) is 0 Å². The fourth-order valence-electron chi connectivity index (χ4n) is 3.13. The van der Waals surface area contributed by atoms with Crippen LogP contribution in [0.25, 0.3) is 0 Å². The van der Waals surface area contributed by atoms with Gasteiger partial charge in [0.25, 0.3) is 0 Å². The highest BCUT2D eigenvalue weighted by molar-refractivity contribution is 5.79. The number of hydrogen-bond donors (Lipinski definition) is 1. The molecule has 4 heteroatoms. The number of amides is 1. The Morgan fingerprint density at radius 1 is 1.30 bits per heavy atom. The zero-order valence-electron chi connectivity index (χ0n) is 11.9. The molecule has 0 spiro atoms. The molecule has 2 saturated carbocycles. The van der Waals surface area contributed by atoms with E-state index in [4.69, 9.17) is 5.73 Å². The van der Waals surface area contributed by atoms with Gasteiger partial charge in [-0.1, -0.05) is 12.5 Å². The van der Waals surface area contributed by atoms with Crippen LogP contribution in [-0.4, -0.2) is 27.9 Å². The van der Waals surface area contributed by atoms with Crippen molar-refractivity contribution in [2.24, 2.45) is 11.7 Å². The Hall–Kier alpha value is -1.42. The highest BCUT2D eigenvalue weighted by Crippen LogP contribution is 2.32. The third-order valence-electron chi connectivity index (χ3n) is 4.39. The Labute approximate surface area is 120 Å². The molecule has 108 valence electrons. The standard InChI is InChI=1S/C16H23N3O/c17-13-5-3-4-12(10-13)16(20)19(15-7-8-15)11-14-6-1-2-9-18-14/h1-2,6,9,12-13,15H,3-5,7-8,10-11,17H2. The molecule has 0 radical (unpaired) electrons. The molecule has 0 bridgehead atoms. The van der Waals surface area contributed by atoms with Gasteiger partial charge in [-0.15, -0.1) is 0 Å². The van der Waals surface area contributed by atoms with E-state index in [-0.39, 0.29) is 12.0 Å². The predicted molar refractivity (Wildman–Crippen MR) is 77.7 cm³/mol. The molecule has 2 fully saturated rings. The van der Waals surface area contributed by atoms with Crippen molar-refractivity contribution in [2.75, 3.05) is 0 Å².